The van der Waals surface area contributed by atoms with E-state index in [-0.39, 0.29) is 6.61 Å². The van der Waals surface area contributed by atoms with Crippen molar-refractivity contribution in [3.63, 3.8) is 0 Å². The molecule has 0 bridgehead atoms. The van der Waals surface area contributed by atoms with E-state index < -0.39 is 0 Å². The summed E-state index contributed by atoms with van der Waals surface area (Å²) in [5.74, 6) is 1.82. The number of hydrogen-bond acceptors (Lipinski definition) is 5. The maximum Gasteiger partial charge on any atom is 0.131 e. The van der Waals surface area contributed by atoms with Crippen molar-refractivity contribution in [2.24, 2.45) is 13.0 Å². The molecule has 2 N–H and O–H groups in total. The minimum Gasteiger partial charge on any atom is -0.396 e. The predicted octanol–water partition coefficient (Wildman–Crippen LogP) is 0.673. The van der Waals surface area contributed by atoms with Crippen LogP contribution < -0.4 is 10.2 Å². The Bertz CT molecular complexity index is 447. The number of rotatable bonds is 8. The Morgan fingerprint density at radius 3 is 3.00 bits per heavy atom. The van der Waals surface area contributed by atoms with Crippen LogP contribution in [0.3, 0.4) is 0 Å². The van der Waals surface area contributed by atoms with Gasteiger partial charge in [-0.2, -0.15) is 5.10 Å². The zero-order chi connectivity index (χ0) is 15.2. The molecule has 2 rings (SSSR count). The molecule has 1 aromatic heterocycles. The van der Waals surface area contributed by atoms with Crippen LogP contribution in [0, 0.1) is 12.8 Å². The predicted molar refractivity (Wildman–Crippen MR) is 83.6 cm³/mol. The van der Waals surface area contributed by atoms with Gasteiger partial charge in [-0.1, -0.05) is 0 Å². The highest BCUT2D eigenvalue weighted by atomic mass is 16.5. The second-order valence-corrected chi connectivity index (χ2v) is 5.79. The minimum absolute atomic E-state index is 0.286. The molecule has 1 saturated heterocycles. The summed E-state index contributed by atoms with van der Waals surface area (Å²) < 4.78 is 7.06. The summed E-state index contributed by atoms with van der Waals surface area (Å²) in [6.45, 7) is 6.81. The fourth-order valence-corrected chi connectivity index (χ4v) is 3.12. The second kappa shape index (κ2) is 7.77. The SMILES string of the molecule is COCCNCc1c(C)nn(C)c1N1CCC(CCO)C1. The maximum atomic E-state index is 9.11. The summed E-state index contributed by atoms with van der Waals surface area (Å²) in [5, 5.41) is 17.1. The van der Waals surface area contributed by atoms with E-state index in [1.165, 1.54) is 11.4 Å². The number of hydrogen-bond donors (Lipinski definition) is 2. The first-order valence-electron chi connectivity index (χ1n) is 7.75. The Morgan fingerprint density at radius 1 is 1.48 bits per heavy atom. The lowest BCUT2D eigenvalue weighted by Crippen LogP contribution is -2.26. The standard InChI is InChI=1S/C15H28N4O2/c1-12-14(10-16-6-9-21-3)15(18(2)17-12)19-7-4-13(11-19)5-8-20/h13,16,20H,4-11H2,1-3H3. The fourth-order valence-electron chi connectivity index (χ4n) is 3.12. The molecule has 1 fully saturated rings. The number of aromatic nitrogens is 2. The average molecular weight is 296 g/mol. The third kappa shape index (κ3) is 3.96. The largest absolute Gasteiger partial charge is 0.396 e. The molecule has 1 aliphatic rings. The van der Waals surface area contributed by atoms with Gasteiger partial charge >= 0.3 is 0 Å². The Labute approximate surface area is 127 Å². The number of nitrogens with zero attached hydrogens (tertiary/aromatic N) is 3. The number of ether oxygens (including phenoxy) is 1. The molecule has 0 saturated carbocycles. The van der Waals surface area contributed by atoms with Crippen LogP contribution in [0.1, 0.15) is 24.1 Å². The summed E-state index contributed by atoms with van der Waals surface area (Å²) in [6, 6.07) is 0. The molecule has 1 aromatic rings. The number of aliphatic hydroxyl groups excluding tert-OH is 1. The smallest absolute Gasteiger partial charge is 0.131 e. The van der Waals surface area contributed by atoms with Crippen molar-refractivity contribution in [3.05, 3.63) is 11.3 Å². The van der Waals surface area contributed by atoms with Crippen molar-refractivity contribution in [2.45, 2.75) is 26.3 Å². The van der Waals surface area contributed by atoms with Crippen LogP contribution in [-0.2, 0) is 18.3 Å². The first-order valence-corrected chi connectivity index (χ1v) is 7.75. The van der Waals surface area contributed by atoms with E-state index >= 15 is 0 Å². The molecular weight excluding hydrogens is 268 g/mol. The quantitative estimate of drug-likeness (QED) is 0.691. The molecule has 1 atom stereocenters. The molecular formula is C15H28N4O2. The molecule has 0 spiro atoms. The number of anilines is 1. The van der Waals surface area contributed by atoms with Crippen molar-refractivity contribution in [3.8, 4) is 0 Å². The number of methoxy groups -OCH3 is 1. The van der Waals surface area contributed by atoms with Crippen LogP contribution in [0.15, 0.2) is 0 Å². The Kier molecular flexibility index (Phi) is 6.02. The first-order chi connectivity index (χ1) is 10.2. The van der Waals surface area contributed by atoms with Gasteiger partial charge in [0.05, 0.1) is 12.3 Å². The Morgan fingerprint density at radius 2 is 2.29 bits per heavy atom. The van der Waals surface area contributed by atoms with Crippen LogP contribution in [0.25, 0.3) is 0 Å². The lowest BCUT2D eigenvalue weighted by molar-refractivity contribution is 0.199. The molecule has 0 aromatic carbocycles. The van der Waals surface area contributed by atoms with Gasteiger partial charge in [0, 0.05) is 52.5 Å². The summed E-state index contributed by atoms with van der Waals surface area (Å²) in [6.07, 6.45) is 2.05. The van der Waals surface area contributed by atoms with Crippen molar-refractivity contribution < 1.29 is 9.84 Å². The zero-order valence-electron chi connectivity index (χ0n) is 13.4. The normalized spacial score (nSPS) is 18.7. The van der Waals surface area contributed by atoms with Crippen LogP contribution in [0.5, 0.6) is 0 Å². The molecule has 2 heterocycles. The number of aryl methyl sites for hydroxylation is 2. The van der Waals surface area contributed by atoms with E-state index in [4.69, 9.17) is 9.84 Å². The third-order valence-electron chi connectivity index (χ3n) is 4.22. The fraction of sp³-hybridized carbons (Fsp3) is 0.800. The van der Waals surface area contributed by atoms with E-state index in [0.29, 0.717) is 5.92 Å². The molecule has 0 radical (unpaired) electrons. The molecule has 21 heavy (non-hydrogen) atoms. The monoisotopic (exact) mass is 296 g/mol. The molecule has 0 aliphatic carbocycles. The van der Waals surface area contributed by atoms with Gasteiger partial charge < -0.3 is 20.1 Å². The van der Waals surface area contributed by atoms with Crippen molar-refractivity contribution in [2.75, 3.05) is 44.9 Å². The van der Waals surface area contributed by atoms with Crippen molar-refractivity contribution >= 4 is 5.82 Å². The molecule has 0 amide bonds. The molecule has 6 nitrogen and oxygen atoms in total. The first kappa shape index (κ1) is 16.3. The summed E-state index contributed by atoms with van der Waals surface area (Å²) in [5.41, 5.74) is 2.36. The van der Waals surface area contributed by atoms with Crippen LogP contribution in [-0.4, -0.2) is 54.8 Å². The van der Waals surface area contributed by atoms with Crippen LogP contribution in [0.2, 0.25) is 0 Å². The highest BCUT2D eigenvalue weighted by Gasteiger charge is 2.27. The van der Waals surface area contributed by atoms with Crippen molar-refractivity contribution in [1.29, 1.82) is 0 Å². The van der Waals surface area contributed by atoms with Crippen molar-refractivity contribution in [1.82, 2.24) is 15.1 Å². The topological polar surface area (TPSA) is 62.5 Å². The van der Waals surface area contributed by atoms with Gasteiger partial charge in [0.25, 0.3) is 0 Å². The summed E-state index contributed by atoms with van der Waals surface area (Å²) in [4.78, 5) is 2.41. The number of aliphatic hydroxyl groups is 1. The molecule has 1 aliphatic heterocycles. The van der Waals surface area contributed by atoms with Crippen LogP contribution >= 0.6 is 0 Å². The molecule has 120 valence electrons. The van der Waals surface area contributed by atoms with E-state index in [0.717, 1.165) is 51.3 Å². The Balaban J connectivity index is 2.04. The van der Waals surface area contributed by atoms with E-state index in [1.54, 1.807) is 7.11 Å². The zero-order valence-corrected chi connectivity index (χ0v) is 13.4. The summed E-state index contributed by atoms with van der Waals surface area (Å²) in [7, 11) is 3.73. The maximum absolute atomic E-state index is 9.11. The average Bonchev–Trinajstić information content (AvgIpc) is 3.00. The van der Waals surface area contributed by atoms with Gasteiger partial charge in [0.2, 0.25) is 0 Å². The van der Waals surface area contributed by atoms with Gasteiger partial charge in [-0.3, -0.25) is 4.68 Å². The van der Waals surface area contributed by atoms with Gasteiger partial charge in [-0.25, -0.2) is 0 Å². The Hall–Kier alpha value is -1.11. The third-order valence-corrected chi connectivity index (χ3v) is 4.22. The second-order valence-electron chi connectivity index (χ2n) is 5.79. The van der Waals surface area contributed by atoms with Gasteiger partial charge in [-0.15, -0.1) is 0 Å². The highest BCUT2D eigenvalue weighted by Crippen LogP contribution is 2.29. The number of nitrogens with one attached hydrogen (secondary N) is 1. The highest BCUT2D eigenvalue weighted by molar-refractivity contribution is 5.51. The van der Waals surface area contributed by atoms with E-state index in [1.807, 2.05) is 11.7 Å². The lowest BCUT2D eigenvalue weighted by atomic mass is 10.1. The summed E-state index contributed by atoms with van der Waals surface area (Å²) >= 11 is 0. The van der Waals surface area contributed by atoms with Gasteiger partial charge in [0.1, 0.15) is 5.82 Å². The van der Waals surface area contributed by atoms with Gasteiger partial charge in [0.15, 0.2) is 0 Å². The van der Waals surface area contributed by atoms with Gasteiger partial charge in [-0.05, 0) is 25.7 Å². The molecule has 1 unspecified atom stereocenters. The molecule has 6 heteroatoms. The van der Waals surface area contributed by atoms with E-state index in [2.05, 4.69) is 22.2 Å². The lowest BCUT2D eigenvalue weighted by Gasteiger charge is -2.21. The minimum atomic E-state index is 0.286. The van der Waals surface area contributed by atoms with Crippen LogP contribution in [0.4, 0.5) is 5.82 Å². The van der Waals surface area contributed by atoms with E-state index in [9.17, 15) is 0 Å².